The Morgan fingerprint density at radius 3 is 3.00 bits per heavy atom. The number of hydrogen-bond acceptors (Lipinski definition) is 4. The Balaban J connectivity index is 1.93. The predicted molar refractivity (Wildman–Crippen MR) is 74.4 cm³/mol. The molecule has 5 heteroatoms. The van der Waals surface area contributed by atoms with Gasteiger partial charge in [-0.3, -0.25) is 10.0 Å². The molecule has 0 bridgehead atoms. The van der Waals surface area contributed by atoms with Gasteiger partial charge in [0.15, 0.2) is 0 Å². The van der Waals surface area contributed by atoms with E-state index in [9.17, 15) is 4.79 Å². The van der Waals surface area contributed by atoms with Crippen LogP contribution in [0.5, 0.6) is 0 Å². The second kappa shape index (κ2) is 5.13. The van der Waals surface area contributed by atoms with E-state index in [2.05, 4.69) is 23.5 Å². The lowest BCUT2D eigenvalue weighted by atomic mass is 9.98. The Bertz CT molecular complexity index is 622. The Labute approximate surface area is 115 Å². The van der Waals surface area contributed by atoms with Gasteiger partial charge in [-0.25, -0.2) is 5.48 Å². The second-order valence-corrected chi connectivity index (χ2v) is 5.60. The van der Waals surface area contributed by atoms with Gasteiger partial charge in [0, 0.05) is 11.4 Å². The van der Waals surface area contributed by atoms with E-state index in [1.807, 2.05) is 6.07 Å². The summed E-state index contributed by atoms with van der Waals surface area (Å²) in [5.74, 6) is -0.462. The Hall–Kier alpha value is -1.69. The van der Waals surface area contributed by atoms with E-state index in [0.29, 0.717) is 4.88 Å². The van der Waals surface area contributed by atoms with E-state index >= 15 is 0 Å². The lowest BCUT2D eigenvalue weighted by Crippen LogP contribution is -2.23. The average molecular weight is 274 g/mol. The Kier molecular flexibility index (Phi) is 3.33. The zero-order valence-corrected chi connectivity index (χ0v) is 11.1. The molecule has 1 amide bonds. The molecule has 0 fully saturated rings. The number of hydroxylamine groups is 1. The first-order valence-corrected chi connectivity index (χ1v) is 6.97. The normalized spacial score (nSPS) is 13.9. The molecule has 0 aliphatic carbocycles. The molecule has 0 spiro atoms. The molecule has 0 saturated heterocycles. The van der Waals surface area contributed by atoms with Gasteiger partial charge in [-0.2, -0.15) is 0 Å². The van der Waals surface area contributed by atoms with Gasteiger partial charge >= 0.3 is 0 Å². The molecule has 3 rings (SSSR count). The molecular weight excluding hydrogens is 260 g/mol. The predicted octanol–water partition coefficient (Wildman–Crippen LogP) is 2.18. The summed E-state index contributed by atoms with van der Waals surface area (Å²) in [6, 6.07) is 10.1. The molecule has 1 aromatic carbocycles. The lowest BCUT2D eigenvalue weighted by molar-refractivity contribution is 0.0711. The maximum absolute atomic E-state index is 11.3. The SMILES string of the molecule is O=C(NO)c1ccc(-c2ccc3c(c2)CNCC3)s1. The smallest absolute Gasteiger partial charge is 0.284 e. The molecule has 3 N–H and O–H groups in total. The molecule has 1 aromatic heterocycles. The van der Waals surface area contributed by atoms with Crippen molar-refractivity contribution >= 4 is 17.2 Å². The second-order valence-electron chi connectivity index (χ2n) is 4.52. The van der Waals surface area contributed by atoms with Gasteiger partial charge in [-0.1, -0.05) is 12.1 Å². The van der Waals surface area contributed by atoms with Crippen LogP contribution in [0, 0.1) is 0 Å². The summed E-state index contributed by atoms with van der Waals surface area (Å²) in [4.78, 5) is 12.9. The molecular formula is C14H14N2O2S. The minimum atomic E-state index is -0.462. The van der Waals surface area contributed by atoms with Crippen LogP contribution >= 0.6 is 11.3 Å². The number of hydrogen-bond donors (Lipinski definition) is 3. The van der Waals surface area contributed by atoms with Crippen LogP contribution in [0.15, 0.2) is 30.3 Å². The van der Waals surface area contributed by atoms with Crippen molar-refractivity contribution in [2.24, 2.45) is 0 Å². The molecule has 1 aliphatic heterocycles. The van der Waals surface area contributed by atoms with E-state index in [1.54, 1.807) is 11.5 Å². The van der Waals surface area contributed by atoms with Crippen molar-refractivity contribution in [3.8, 4) is 10.4 Å². The number of fused-ring (bicyclic) bond motifs is 1. The van der Waals surface area contributed by atoms with Crippen molar-refractivity contribution in [3.05, 3.63) is 46.3 Å². The fourth-order valence-corrected chi connectivity index (χ4v) is 3.20. The maximum Gasteiger partial charge on any atom is 0.284 e. The zero-order valence-electron chi connectivity index (χ0n) is 10.3. The van der Waals surface area contributed by atoms with Crippen LogP contribution in [0.2, 0.25) is 0 Å². The summed E-state index contributed by atoms with van der Waals surface area (Å²) in [5.41, 5.74) is 5.49. The van der Waals surface area contributed by atoms with E-state index in [1.165, 1.54) is 22.5 Å². The fourth-order valence-electron chi connectivity index (χ4n) is 2.30. The van der Waals surface area contributed by atoms with Gasteiger partial charge < -0.3 is 5.32 Å². The zero-order chi connectivity index (χ0) is 13.2. The third-order valence-electron chi connectivity index (χ3n) is 3.31. The quantitative estimate of drug-likeness (QED) is 0.581. The summed E-state index contributed by atoms with van der Waals surface area (Å²) in [6.45, 7) is 1.94. The highest BCUT2D eigenvalue weighted by molar-refractivity contribution is 7.17. The molecule has 2 aromatic rings. The third-order valence-corrected chi connectivity index (χ3v) is 4.44. The van der Waals surface area contributed by atoms with Gasteiger partial charge in [-0.15, -0.1) is 11.3 Å². The lowest BCUT2D eigenvalue weighted by Gasteiger charge is -2.17. The standard InChI is InChI=1S/C14H14N2O2S/c17-14(16-18)13-4-3-12(19-13)10-2-1-9-5-6-15-8-11(9)7-10/h1-4,7,15,18H,5-6,8H2,(H,16,17). The number of benzene rings is 1. The average Bonchev–Trinajstić information content (AvgIpc) is 2.95. The van der Waals surface area contributed by atoms with Crippen molar-refractivity contribution in [1.82, 2.24) is 10.8 Å². The van der Waals surface area contributed by atoms with Crippen LogP contribution in [-0.2, 0) is 13.0 Å². The molecule has 98 valence electrons. The molecule has 4 nitrogen and oxygen atoms in total. The molecule has 0 saturated carbocycles. The number of thiophene rings is 1. The number of rotatable bonds is 2. The van der Waals surface area contributed by atoms with Crippen molar-refractivity contribution < 1.29 is 10.0 Å². The van der Waals surface area contributed by atoms with Gasteiger partial charge in [-0.05, 0) is 47.9 Å². The first-order valence-electron chi connectivity index (χ1n) is 6.15. The van der Waals surface area contributed by atoms with Gasteiger partial charge in [0.2, 0.25) is 0 Å². The van der Waals surface area contributed by atoms with Gasteiger partial charge in [0.05, 0.1) is 4.88 Å². The van der Waals surface area contributed by atoms with Crippen LogP contribution in [-0.4, -0.2) is 17.7 Å². The number of amides is 1. The molecule has 0 radical (unpaired) electrons. The molecule has 2 heterocycles. The van der Waals surface area contributed by atoms with Gasteiger partial charge in [0.1, 0.15) is 0 Å². The highest BCUT2D eigenvalue weighted by atomic mass is 32.1. The summed E-state index contributed by atoms with van der Waals surface area (Å²) in [6.07, 6.45) is 1.07. The van der Waals surface area contributed by atoms with E-state index < -0.39 is 5.91 Å². The maximum atomic E-state index is 11.3. The Morgan fingerprint density at radius 1 is 1.26 bits per heavy atom. The van der Waals surface area contributed by atoms with Crippen molar-refractivity contribution in [1.29, 1.82) is 0 Å². The number of nitrogens with one attached hydrogen (secondary N) is 2. The van der Waals surface area contributed by atoms with Crippen LogP contribution < -0.4 is 10.8 Å². The first-order chi connectivity index (χ1) is 9.28. The van der Waals surface area contributed by atoms with Crippen LogP contribution in [0.4, 0.5) is 0 Å². The topological polar surface area (TPSA) is 61.4 Å². The Morgan fingerprint density at radius 2 is 2.16 bits per heavy atom. The van der Waals surface area contributed by atoms with E-state index in [4.69, 9.17) is 5.21 Å². The summed E-state index contributed by atoms with van der Waals surface area (Å²) in [5, 5.41) is 12.0. The summed E-state index contributed by atoms with van der Waals surface area (Å²) < 4.78 is 0. The van der Waals surface area contributed by atoms with E-state index in [0.717, 1.165) is 30.0 Å². The highest BCUT2D eigenvalue weighted by Crippen LogP contribution is 2.30. The number of carbonyl (C=O) groups is 1. The van der Waals surface area contributed by atoms with Crippen molar-refractivity contribution in [2.45, 2.75) is 13.0 Å². The molecule has 0 unspecified atom stereocenters. The number of carbonyl (C=O) groups excluding carboxylic acids is 1. The monoisotopic (exact) mass is 274 g/mol. The first kappa shape index (κ1) is 12.3. The highest BCUT2D eigenvalue weighted by Gasteiger charge is 2.12. The van der Waals surface area contributed by atoms with Crippen LogP contribution in [0.3, 0.4) is 0 Å². The molecule has 1 aliphatic rings. The van der Waals surface area contributed by atoms with Crippen molar-refractivity contribution in [2.75, 3.05) is 6.54 Å². The fraction of sp³-hybridized carbons (Fsp3) is 0.214. The largest absolute Gasteiger partial charge is 0.312 e. The minimum absolute atomic E-state index is 0.462. The van der Waals surface area contributed by atoms with Gasteiger partial charge in [0.25, 0.3) is 5.91 Å². The summed E-state index contributed by atoms with van der Waals surface area (Å²) in [7, 11) is 0. The van der Waals surface area contributed by atoms with Crippen LogP contribution in [0.1, 0.15) is 20.8 Å². The molecule has 19 heavy (non-hydrogen) atoms. The van der Waals surface area contributed by atoms with E-state index in [-0.39, 0.29) is 0 Å². The summed E-state index contributed by atoms with van der Waals surface area (Å²) >= 11 is 1.38. The minimum Gasteiger partial charge on any atom is -0.312 e. The van der Waals surface area contributed by atoms with Crippen molar-refractivity contribution in [3.63, 3.8) is 0 Å². The molecule has 0 atom stereocenters. The third kappa shape index (κ3) is 2.40. The van der Waals surface area contributed by atoms with Crippen LogP contribution in [0.25, 0.3) is 10.4 Å².